The molecule has 1 fully saturated rings. The second-order valence-electron chi connectivity index (χ2n) is 7.03. The predicted octanol–water partition coefficient (Wildman–Crippen LogP) is 3.62. The van der Waals surface area contributed by atoms with E-state index in [2.05, 4.69) is 17.4 Å². The Bertz CT molecular complexity index is 360. The van der Waals surface area contributed by atoms with E-state index in [1.54, 1.807) is 0 Å². The largest absolute Gasteiger partial charge is 0.444 e. The van der Waals surface area contributed by atoms with Crippen molar-refractivity contribution in [2.24, 2.45) is 5.16 Å². The van der Waals surface area contributed by atoms with Gasteiger partial charge in [-0.25, -0.2) is 4.79 Å². The maximum Gasteiger partial charge on any atom is 0.408 e. The van der Waals surface area contributed by atoms with Crippen LogP contribution in [0.3, 0.4) is 0 Å². The van der Waals surface area contributed by atoms with Crippen molar-refractivity contribution >= 4 is 11.8 Å². The average Bonchev–Trinajstić information content (AvgIpc) is 2.24. The smallest absolute Gasteiger partial charge is 0.408 e. The number of nitrogens with one attached hydrogen (secondary N) is 1. The molecule has 1 aliphatic rings. The molecule has 5 heteroatoms. The Labute approximate surface area is 122 Å². The van der Waals surface area contributed by atoms with Crippen LogP contribution in [0.5, 0.6) is 0 Å². The number of alkyl carbamates (subject to hydrolysis) is 1. The number of amides is 1. The summed E-state index contributed by atoms with van der Waals surface area (Å²) in [6.07, 6.45) is 3.33. The fourth-order valence-corrected chi connectivity index (χ4v) is 2.19. The Morgan fingerprint density at radius 1 is 1.25 bits per heavy atom. The molecule has 0 saturated heterocycles. The minimum absolute atomic E-state index is 0.151. The first-order valence-corrected chi connectivity index (χ1v) is 7.28. The van der Waals surface area contributed by atoms with Gasteiger partial charge in [-0.3, -0.25) is 0 Å². The Morgan fingerprint density at radius 2 is 1.80 bits per heavy atom. The highest BCUT2D eigenvalue weighted by atomic mass is 16.6. The van der Waals surface area contributed by atoms with Gasteiger partial charge in [0.25, 0.3) is 0 Å². The van der Waals surface area contributed by atoms with Crippen molar-refractivity contribution < 1.29 is 14.4 Å². The highest BCUT2D eigenvalue weighted by Gasteiger charge is 2.34. The van der Waals surface area contributed by atoms with Crippen molar-refractivity contribution in [1.29, 1.82) is 0 Å². The summed E-state index contributed by atoms with van der Waals surface area (Å²) < 4.78 is 5.31. The van der Waals surface area contributed by atoms with E-state index in [9.17, 15) is 4.79 Å². The summed E-state index contributed by atoms with van der Waals surface area (Å²) in [7, 11) is 0. The molecule has 0 unspecified atom stereocenters. The zero-order valence-corrected chi connectivity index (χ0v) is 13.6. The van der Waals surface area contributed by atoms with Crippen LogP contribution in [-0.4, -0.2) is 29.0 Å². The lowest BCUT2D eigenvalue weighted by molar-refractivity contribution is 0.00706. The maximum absolute atomic E-state index is 11.8. The summed E-state index contributed by atoms with van der Waals surface area (Å²) in [4.78, 5) is 17.3. The summed E-state index contributed by atoms with van der Waals surface area (Å²) in [5.41, 5.74) is 0.242. The zero-order valence-electron chi connectivity index (χ0n) is 13.6. The van der Waals surface area contributed by atoms with Crippen molar-refractivity contribution in [3.05, 3.63) is 0 Å². The first kappa shape index (κ1) is 16.8. The Balaban J connectivity index is 2.42. The topological polar surface area (TPSA) is 59.9 Å². The van der Waals surface area contributed by atoms with Gasteiger partial charge in [0.05, 0.1) is 5.71 Å². The van der Waals surface area contributed by atoms with Crippen LogP contribution < -0.4 is 5.32 Å². The van der Waals surface area contributed by atoms with Crippen LogP contribution in [0.4, 0.5) is 4.79 Å². The van der Waals surface area contributed by atoms with E-state index in [4.69, 9.17) is 9.57 Å². The highest BCUT2D eigenvalue weighted by molar-refractivity contribution is 5.78. The lowest BCUT2D eigenvalue weighted by Gasteiger charge is -2.37. The molecular weight excluding hydrogens is 256 g/mol. The summed E-state index contributed by atoms with van der Waals surface area (Å²) in [5, 5.41) is 6.99. The van der Waals surface area contributed by atoms with E-state index in [1.165, 1.54) is 0 Å². The van der Waals surface area contributed by atoms with Gasteiger partial charge in [-0.2, -0.15) is 0 Å². The fraction of sp³-hybridized carbons (Fsp3) is 0.867. The predicted molar refractivity (Wildman–Crippen MR) is 79.9 cm³/mol. The average molecular weight is 284 g/mol. The molecule has 0 aromatic rings. The zero-order chi connectivity index (χ0) is 15.4. The van der Waals surface area contributed by atoms with Gasteiger partial charge in [0.15, 0.2) is 0 Å². The standard InChI is InChI=1S/C15H28N2O3/c1-11(2)17-20-12-7-9-15(6,10-8-12)16-13(18)19-14(3,4)5/h12H,7-10H2,1-6H3,(H,16,18). The molecule has 116 valence electrons. The van der Waals surface area contributed by atoms with Gasteiger partial charge in [-0.15, -0.1) is 0 Å². The Hall–Kier alpha value is -1.26. The van der Waals surface area contributed by atoms with E-state index < -0.39 is 5.60 Å². The number of nitrogens with zero attached hydrogens (tertiary/aromatic N) is 1. The number of ether oxygens (including phenoxy) is 1. The normalized spacial score (nSPS) is 26.6. The van der Waals surface area contributed by atoms with E-state index >= 15 is 0 Å². The molecule has 0 aliphatic heterocycles. The molecule has 0 bridgehead atoms. The van der Waals surface area contributed by atoms with Gasteiger partial charge in [0.1, 0.15) is 11.7 Å². The quantitative estimate of drug-likeness (QED) is 0.636. The summed E-state index contributed by atoms with van der Waals surface area (Å²) in [6.45, 7) is 11.5. The van der Waals surface area contributed by atoms with E-state index in [0.717, 1.165) is 31.4 Å². The molecule has 20 heavy (non-hydrogen) atoms. The number of rotatable bonds is 3. The highest BCUT2D eigenvalue weighted by Crippen LogP contribution is 2.30. The van der Waals surface area contributed by atoms with Crippen LogP contribution in [0.15, 0.2) is 5.16 Å². The second-order valence-corrected chi connectivity index (χ2v) is 7.03. The SMILES string of the molecule is CC(C)=NOC1CCC(C)(NC(=O)OC(C)(C)C)CC1. The number of hydrogen-bond donors (Lipinski definition) is 1. The van der Waals surface area contributed by atoms with Crippen LogP contribution in [0.2, 0.25) is 0 Å². The van der Waals surface area contributed by atoms with Gasteiger partial charge >= 0.3 is 6.09 Å². The lowest BCUT2D eigenvalue weighted by atomic mass is 9.82. The van der Waals surface area contributed by atoms with Crippen LogP contribution >= 0.6 is 0 Å². The molecule has 5 nitrogen and oxygen atoms in total. The minimum Gasteiger partial charge on any atom is -0.444 e. The van der Waals surface area contributed by atoms with Crippen LogP contribution in [0.25, 0.3) is 0 Å². The van der Waals surface area contributed by atoms with Crippen LogP contribution in [0, 0.1) is 0 Å². The number of carbonyl (C=O) groups is 1. The van der Waals surface area contributed by atoms with Crippen LogP contribution in [0.1, 0.15) is 67.2 Å². The van der Waals surface area contributed by atoms with E-state index in [0.29, 0.717) is 0 Å². The van der Waals surface area contributed by atoms with Crippen molar-refractivity contribution in [3.63, 3.8) is 0 Å². The molecule has 1 aliphatic carbocycles. The van der Waals surface area contributed by atoms with Crippen molar-refractivity contribution in [2.45, 2.75) is 84.5 Å². The molecule has 0 spiro atoms. The van der Waals surface area contributed by atoms with E-state index in [-0.39, 0.29) is 17.7 Å². The maximum atomic E-state index is 11.8. The second kappa shape index (κ2) is 6.46. The molecule has 1 N–H and O–H groups in total. The van der Waals surface area contributed by atoms with Crippen molar-refractivity contribution in [2.75, 3.05) is 0 Å². The fourth-order valence-electron chi connectivity index (χ4n) is 2.19. The van der Waals surface area contributed by atoms with Crippen LogP contribution in [-0.2, 0) is 9.57 Å². The summed E-state index contributed by atoms with van der Waals surface area (Å²) >= 11 is 0. The number of hydrogen-bond acceptors (Lipinski definition) is 4. The van der Waals surface area contributed by atoms with Gasteiger partial charge in [0, 0.05) is 5.54 Å². The molecule has 0 aromatic carbocycles. The molecule has 1 rings (SSSR count). The molecule has 0 aromatic heterocycles. The number of carbonyl (C=O) groups excluding carboxylic acids is 1. The molecule has 1 saturated carbocycles. The lowest BCUT2D eigenvalue weighted by Crippen LogP contribution is -2.50. The van der Waals surface area contributed by atoms with Gasteiger partial charge < -0.3 is 14.9 Å². The monoisotopic (exact) mass is 284 g/mol. The molecule has 0 heterocycles. The first-order valence-electron chi connectivity index (χ1n) is 7.28. The van der Waals surface area contributed by atoms with Gasteiger partial charge in [-0.1, -0.05) is 5.16 Å². The van der Waals surface area contributed by atoms with E-state index in [1.807, 2.05) is 34.6 Å². The third kappa shape index (κ3) is 6.26. The molecule has 1 amide bonds. The molecule has 0 radical (unpaired) electrons. The van der Waals surface area contributed by atoms with Crippen molar-refractivity contribution in [1.82, 2.24) is 5.32 Å². The number of oxime groups is 1. The van der Waals surface area contributed by atoms with Gasteiger partial charge in [0.2, 0.25) is 0 Å². The third-order valence-electron chi connectivity index (χ3n) is 3.22. The molecular formula is C15H28N2O3. The summed E-state index contributed by atoms with van der Waals surface area (Å²) in [6, 6.07) is 0. The van der Waals surface area contributed by atoms with Gasteiger partial charge in [-0.05, 0) is 67.2 Å². The third-order valence-corrected chi connectivity index (χ3v) is 3.22. The minimum atomic E-state index is -0.464. The summed E-state index contributed by atoms with van der Waals surface area (Å²) in [5.74, 6) is 0. The van der Waals surface area contributed by atoms with Crippen molar-refractivity contribution in [3.8, 4) is 0 Å². The molecule has 0 atom stereocenters. The Morgan fingerprint density at radius 3 is 2.25 bits per heavy atom. The Kier molecular flexibility index (Phi) is 5.42. The first-order chi connectivity index (χ1) is 9.10.